The van der Waals surface area contributed by atoms with Gasteiger partial charge < -0.3 is 0 Å². The van der Waals surface area contributed by atoms with Gasteiger partial charge in [-0.15, -0.1) is 11.3 Å². The normalized spacial score (nSPS) is 11.9. The molecule has 0 N–H and O–H groups in total. The van der Waals surface area contributed by atoms with Gasteiger partial charge in [0.15, 0.2) is 5.69 Å². The molecule has 9 heteroatoms. The Morgan fingerprint density at radius 1 is 1.13 bits per heavy atom. The molecule has 3 rings (SSSR count). The molecule has 0 radical (unpaired) electrons. The fourth-order valence-electron chi connectivity index (χ4n) is 2.03. The quantitative estimate of drug-likeness (QED) is 0.573. The first-order valence-corrected chi connectivity index (χ1v) is 7.66. The van der Waals surface area contributed by atoms with Crippen LogP contribution in [0.4, 0.5) is 13.2 Å². The third-order valence-electron chi connectivity index (χ3n) is 3.01. The molecule has 118 valence electrons. The molecular formula is C14H5Cl2F3N2OS. The van der Waals surface area contributed by atoms with Crippen molar-refractivity contribution < 1.29 is 18.0 Å². The van der Waals surface area contributed by atoms with Crippen LogP contribution in [0, 0.1) is 0 Å². The molecule has 0 saturated carbocycles. The molecule has 0 saturated heterocycles. The molecule has 2 aromatic heterocycles. The molecule has 3 aromatic rings. The van der Waals surface area contributed by atoms with E-state index in [9.17, 15) is 18.0 Å². The maximum absolute atomic E-state index is 13.0. The summed E-state index contributed by atoms with van der Waals surface area (Å²) in [6.07, 6.45) is -3.82. The molecule has 0 atom stereocenters. The zero-order chi connectivity index (χ0) is 16.8. The number of ketones is 1. The largest absolute Gasteiger partial charge is 0.434 e. The molecule has 0 aliphatic rings. The van der Waals surface area contributed by atoms with Crippen LogP contribution in [-0.2, 0) is 6.18 Å². The lowest BCUT2D eigenvalue weighted by Gasteiger charge is -2.05. The van der Waals surface area contributed by atoms with Crippen molar-refractivity contribution in [1.82, 2.24) is 9.97 Å². The van der Waals surface area contributed by atoms with Gasteiger partial charge in [0, 0.05) is 5.39 Å². The van der Waals surface area contributed by atoms with Crippen LogP contribution in [0.15, 0.2) is 30.6 Å². The third kappa shape index (κ3) is 2.91. The summed E-state index contributed by atoms with van der Waals surface area (Å²) in [6.45, 7) is 0. The summed E-state index contributed by atoms with van der Waals surface area (Å²) in [5.74, 6) is -0.559. The molecule has 0 unspecified atom stereocenters. The van der Waals surface area contributed by atoms with Gasteiger partial charge in [0.2, 0.25) is 5.78 Å². The van der Waals surface area contributed by atoms with Gasteiger partial charge in [0.25, 0.3) is 0 Å². The van der Waals surface area contributed by atoms with E-state index in [4.69, 9.17) is 23.2 Å². The number of halogens is 5. The molecule has 23 heavy (non-hydrogen) atoms. The predicted molar refractivity (Wildman–Crippen MR) is 82.3 cm³/mol. The second-order valence-corrected chi connectivity index (χ2v) is 6.32. The van der Waals surface area contributed by atoms with Crippen molar-refractivity contribution in [3.8, 4) is 0 Å². The minimum absolute atomic E-state index is 0.0453. The van der Waals surface area contributed by atoms with Crippen molar-refractivity contribution in [2.45, 2.75) is 6.18 Å². The van der Waals surface area contributed by atoms with E-state index in [0.29, 0.717) is 0 Å². The predicted octanol–water partition coefficient (Wildman–Crippen LogP) is 5.25. The van der Waals surface area contributed by atoms with Crippen LogP contribution in [0.5, 0.6) is 0 Å². The maximum Gasteiger partial charge on any atom is 0.434 e. The van der Waals surface area contributed by atoms with Crippen LogP contribution in [0.3, 0.4) is 0 Å². The molecule has 0 aliphatic carbocycles. The lowest BCUT2D eigenvalue weighted by molar-refractivity contribution is -0.139. The van der Waals surface area contributed by atoms with E-state index in [-0.39, 0.29) is 30.7 Å². The number of fused-ring (bicyclic) bond motifs is 1. The third-order valence-corrected chi connectivity index (χ3v) is 4.68. The van der Waals surface area contributed by atoms with Crippen LogP contribution in [0.2, 0.25) is 10.0 Å². The van der Waals surface area contributed by atoms with Crippen LogP contribution < -0.4 is 0 Å². The zero-order valence-corrected chi connectivity index (χ0v) is 13.3. The summed E-state index contributed by atoms with van der Waals surface area (Å²) in [6, 6.07) is 5.65. The van der Waals surface area contributed by atoms with Gasteiger partial charge in [-0.3, -0.25) is 4.79 Å². The number of hydrogen-bond donors (Lipinski definition) is 0. The highest BCUT2D eigenvalue weighted by Crippen LogP contribution is 2.37. The zero-order valence-electron chi connectivity index (χ0n) is 11.0. The topological polar surface area (TPSA) is 42.9 Å². The first kappa shape index (κ1) is 16.2. The first-order valence-electron chi connectivity index (χ1n) is 6.09. The number of thiophene rings is 1. The van der Waals surface area contributed by atoms with Gasteiger partial charge in [-0.2, -0.15) is 13.2 Å². The number of carbonyl (C=O) groups is 1. The molecule has 1 aromatic carbocycles. The number of nitrogens with zero attached hydrogens (tertiary/aromatic N) is 2. The van der Waals surface area contributed by atoms with E-state index in [1.54, 1.807) is 6.07 Å². The summed E-state index contributed by atoms with van der Waals surface area (Å²) in [7, 11) is 0. The number of alkyl halides is 3. The van der Waals surface area contributed by atoms with Crippen molar-refractivity contribution in [1.29, 1.82) is 0 Å². The van der Waals surface area contributed by atoms with Gasteiger partial charge in [0.05, 0.1) is 20.5 Å². The summed E-state index contributed by atoms with van der Waals surface area (Å²) in [5, 5.41) is 0.0284. The van der Waals surface area contributed by atoms with E-state index < -0.39 is 17.7 Å². The van der Waals surface area contributed by atoms with Crippen molar-refractivity contribution >= 4 is 50.5 Å². The Bertz CT molecular complexity index is 904. The van der Waals surface area contributed by atoms with E-state index in [1.807, 2.05) is 0 Å². The molecular weight excluding hydrogens is 372 g/mol. The number of benzene rings is 1. The second-order valence-electron chi connectivity index (χ2n) is 4.48. The fraction of sp³-hybridized carbons (Fsp3) is 0.0714. The minimum atomic E-state index is -4.63. The molecule has 0 spiro atoms. The Morgan fingerprint density at radius 3 is 2.39 bits per heavy atom. The minimum Gasteiger partial charge on any atom is -0.288 e. The average Bonchev–Trinajstić information content (AvgIpc) is 2.89. The van der Waals surface area contributed by atoms with Gasteiger partial charge in [0.1, 0.15) is 11.2 Å². The highest BCUT2D eigenvalue weighted by molar-refractivity contribution is 7.20. The van der Waals surface area contributed by atoms with Gasteiger partial charge >= 0.3 is 6.18 Å². The Balaban J connectivity index is 2.17. The lowest BCUT2D eigenvalue weighted by Crippen LogP contribution is -2.08. The van der Waals surface area contributed by atoms with Gasteiger partial charge in [-0.1, -0.05) is 29.3 Å². The summed E-state index contributed by atoms with van der Waals surface area (Å²) in [5.41, 5.74) is -1.04. The number of hydrogen-bond acceptors (Lipinski definition) is 4. The van der Waals surface area contributed by atoms with Gasteiger partial charge in [-0.05, 0) is 18.2 Å². The number of carbonyl (C=O) groups excluding carboxylic acids is 1. The van der Waals surface area contributed by atoms with E-state index >= 15 is 0 Å². The molecule has 2 heterocycles. The lowest BCUT2D eigenvalue weighted by atomic mass is 10.1. The number of aromatic nitrogens is 2. The molecule has 0 aliphatic heterocycles. The Labute approximate surface area is 141 Å². The van der Waals surface area contributed by atoms with E-state index in [1.165, 1.54) is 12.1 Å². The van der Waals surface area contributed by atoms with Crippen molar-refractivity contribution in [3.05, 3.63) is 56.8 Å². The maximum atomic E-state index is 13.0. The van der Waals surface area contributed by atoms with Crippen LogP contribution >= 0.6 is 34.5 Å². The van der Waals surface area contributed by atoms with Crippen LogP contribution in [0.25, 0.3) is 10.2 Å². The Kier molecular flexibility index (Phi) is 4.03. The Morgan fingerprint density at radius 2 is 1.78 bits per heavy atom. The highest BCUT2D eigenvalue weighted by atomic mass is 35.5. The molecule has 0 fully saturated rings. The monoisotopic (exact) mass is 376 g/mol. The van der Waals surface area contributed by atoms with Crippen molar-refractivity contribution in [2.75, 3.05) is 0 Å². The average molecular weight is 377 g/mol. The first-order chi connectivity index (χ1) is 10.8. The fourth-order valence-corrected chi connectivity index (χ4v) is 3.55. The van der Waals surface area contributed by atoms with E-state index in [2.05, 4.69) is 9.97 Å². The van der Waals surface area contributed by atoms with E-state index in [0.717, 1.165) is 23.7 Å². The molecule has 0 bridgehead atoms. The van der Waals surface area contributed by atoms with Crippen molar-refractivity contribution in [2.24, 2.45) is 0 Å². The molecule has 3 nitrogen and oxygen atoms in total. The van der Waals surface area contributed by atoms with Gasteiger partial charge in [-0.25, -0.2) is 9.97 Å². The highest BCUT2D eigenvalue weighted by Gasteiger charge is 2.35. The smallest absolute Gasteiger partial charge is 0.288 e. The standard InChI is InChI=1S/C14H5Cl2F3N2OS/c15-7-2-1-3-8(16)10(7)11(22)9-4-6-12(14(17,18)19)20-5-21-13(6)23-9/h1-5H. The summed E-state index contributed by atoms with van der Waals surface area (Å²) < 4.78 is 38.9. The number of rotatable bonds is 2. The molecule has 0 amide bonds. The second kappa shape index (κ2) is 5.74. The van der Waals surface area contributed by atoms with Crippen molar-refractivity contribution in [3.63, 3.8) is 0 Å². The van der Waals surface area contributed by atoms with Crippen LogP contribution in [0.1, 0.15) is 20.9 Å². The Hall–Kier alpha value is -1.70. The van der Waals surface area contributed by atoms with Crippen LogP contribution in [-0.4, -0.2) is 15.8 Å². The summed E-state index contributed by atoms with van der Waals surface area (Å²) in [4.78, 5) is 19.7. The SMILES string of the molecule is O=C(c1cc2c(C(F)(F)F)ncnc2s1)c1c(Cl)cccc1Cl. The summed E-state index contributed by atoms with van der Waals surface area (Å²) >= 11 is 12.8.